The maximum absolute atomic E-state index is 14.4. The first-order valence-electron chi connectivity index (χ1n) is 10.0. The molecule has 1 aliphatic rings. The Kier molecular flexibility index (Phi) is 5.95. The summed E-state index contributed by atoms with van der Waals surface area (Å²) in [5.41, 5.74) is -5.22. The molecule has 2 aromatic carbocycles. The quantitative estimate of drug-likeness (QED) is 0.558. The van der Waals surface area contributed by atoms with Gasteiger partial charge in [0.05, 0.1) is 10.6 Å². The van der Waals surface area contributed by atoms with Crippen LogP contribution in [0.5, 0.6) is 0 Å². The Balaban J connectivity index is 1.58. The van der Waals surface area contributed by atoms with Gasteiger partial charge in [-0.05, 0) is 55.3 Å². The zero-order valence-electron chi connectivity index (χ0n) is 17.1. The second-order valence-electron chi connectivity index (χ2n) is 7.52. The van der Waals surface area contributed by atoms with E-state index in [1.165, 1.54) is 18.2 Å². The smallest absolute Gasteiger partial charge is 0.319 e. The van der Waals surface area contributed by atoms with Gasteiger partial charge in [-0.1, -0.05) is 6.42 Å². The summed E-state index contributed by atoms with van der Waals surface area (Å²) < 4.78 is 77.3. The highest BCUT2D eigenvalue weighted by Gasteiger charge is 2.46. The summed E-state index contributed by atoms with van der Waals surface area (Å²) in [6, 6.07) is 7.29. The first kappa shape index (κ1) is 22.9. The molecule has 3 aromatic rings. The summed E-state index contributed by atoms with van der Waals surface area (Å²) in [6.07, 6.45) is 3.82. The molecule has 174 valence electrons. The van der Waals surface area contributed by atoms with E-state index >= 15 is 0 Å². The summed E-state index contributed by atoms with van der Waals surface area (Å²) in [7, 11) is -5.53. The number of anilines is 1. The van der Waals surface area contributed by atoms with Crippen LogP contribution in [0.15, 0.2) is 47.4 Å². The fourth-order valence-electron chi connectivity index (χ4n) is 3.57. The Morgan fingerprint density at radius 2 is 1.73 bits per heavy atom. The van der Waals surface area contributed by atoms with Gasteiger partial charge in [-0.25, -0.2) is 12.8 Å². The normalized spacial score (nSPS) is 14.4. The third kappa shape index (κ3) is 4.47. The van der Waals surface area contributed by atoms with Gasteiger partial charge in [-0.3, -0.25) is 4.79 Å². The highest BCUT2D eigenvalue weighted by molar-refractivity contribution is 7.92. The minimum atomic E-state index is -5.53. The van der Waals surface area contributed by atoms with E-state index in [4.69, 9.17) is 0 Å². The monoisotopic (exact) mass is 482 g/mol. The molecule has 2 heterocycles. The highest BCUT2D eigenvalue weighted by atomic mass is 32.2. The predicted octanol–water partition coefficient (Wildman–Crippen LogP) is 4.36. The van der Waals surface area contributed by atoms with Crippen molar-refractivity contribution >= 4 is 21.4 Å². The topological polar surface area (TPSA) is 93.9 Å². The summed E-state index contributed by atoms with van der Waals surface area (Å²) in [4.78, 5) is 11.5. The van der Waals surface area contributed by atoms with E-state index in [1.54, 1.807) is 0 Å². The van der Waals surface area contributed by atoms with Crippen molar-refractivity contribution in [3.8, 4) is 11.4 Å². The standard InChI is InChI=1S/C21H18F4N4O3S/c22-16-10-7-14(19-28-27-18-4-2-1-3-11-29(18)19)12-17(16)26-20(30)13-5-8-15(9-6-13)33(31,32)21(23,24)25/h5-10,12H,1-4,11H2,(H,26,30). The maximum Gasteiger partial charge on any atom is 0.501 e. The van der Waals surface area contributed by atoms with Crippen LogP contribution in [-0.4, -0.2) is 34.6 Å². The third-order valence-corrected chi connectivity index (χ3v) is 6.82. The van der Waals surface area contributed by atoms with Gasteiger partial charge in [0.25, 0.3) is 15.7 Å². The van der Waals surface area contributed by atoms with Crippen molar-refractivity contribution < 1.29 is 30.8 Å². The molecule has 0 saturated carbocycles. The number of alkyl halides is 3. The average molecular weight is 482 g/mol. The number of aromatic nitrogens is 3. The fraction of sp³-hybridized carbons (Fsp3) is 0.286. The molecule has 0 radical (unpaired) electrons. The average Bonchev–Trinajstić information content (AvgIpc) is 3.02. The number of nitrogens with one attached hydrogen (secondary N) is 1. The van der Waals surface area contributed by atoms with E-state index in [2.05, 4.69) is 15.5 Å². The second-order valence-corrected chi connectivity index (χ2v) is 9.47. The number of nitrogens with zero attached hydrogens (tertiary/aromatic N) is 3. The SMILES string of the molecule is O=C(Nc1cc(-c2nnc3n2CCCCC3)ccc1F)c1ccc(S(=O)(=O)C(F)(F)F)cc1. The number of sulfone groups is 1. The van der Waals surface area contributed by atoms with Crippen molar-refractivity contribution in [2.45, 2.75) is 42.6 Å². The van der Waals surface area contributed by atoms with E-state index in [9.17, 15) is 30.8 Å². The molecule has 1 amide bonds. The van der Waals surface area contributed by atoms with Crippen molar-refractivity contribution in [3.05, 3.63) is 59.7 Å². The number of benzene rings is 2. The predicted molar refractivity (Wildman–Crippen MR) is 111 cm³/mol. The molecule has 4 rings (SSSR count). The Morgan fingerprint density at radius 3 is 2.42 bits per heavy atom. The van der Waals surface area contributed by atoms with Gasteiger partial charge < -0.3 is 9.88 Å². The number of fused-ring (bicyclic) bond motifs is 1. The van der Waals surface area contributed by atoms with Crippen molar-refractivity contribution in [1.29, 1.82) is 0 Å². The van der Waals surface area contributed by atoms with Crippen LogP contribution < -0.4 is 5.32 Å². The van der Waals surface area contributed by atoms with Gasteiger partial charge in [0.2, 0.25) is 0 Å². The zero-order valence-corrected chi connectivity index (χ0v) is 17.9. The van der Waals surface area contributed by atoms with E-state index in [1.807, 2.05) is 4.57 Å². The molecule has 0 saturated heterocycles. The molecule has 0 atom stereocenters. The minimum absolute atomic E-state index is 0.141. The molecule has 0 bridgehead atoms. The molecule has 0 spiro atoms. The number of hydrogen-bond donors (Lipinski definition) is 1. The molecule has 1 aliphatic heterocycles. The molecule has 12 heteroatoms. The zero-order chi connectivity index (χ0) is 23.8. The minimum Gasteiger partial charge on any atom is -0.319 e. The summed E-state index contributed by atoms with van der Waals surface area (Å²) in [6.45, 7) is 0.726. The third-order valence-electron chi connectivity index (χ3n) is 5.31. The largest absolute Gasteiger partial charge is 0.501 e. The number of hydrogen-bond acceptors (Lipinski definition) is 5. The van der Waals surface area contributed by atoms with Crippen LogP contribution in [0.3, 0.4) is 0 Å². The Morgan fingerprint density at radius 1 is 1.00 bits per heavy atom. The van der Waals surface area contributed by atoms with Crippen LogP contribution in [0.1, 0.15) is 35.4 Å². The number of rotatable bonds is 4. The number of halogens is 4. The van der Waals surface area contributed by atoms with Gasteiger partial charge in [-0.2, -0.15) is 13.2 Å². The Bertz CT molecular complexity index is 1300. The van der Waals surface area contributed by atoms with Crippen LogP contribution in [0.2, 0.25) is 0 Å². The molecule has 7 nitrogen and oxygen atoms in total. The molecule has 1 aromatic heterocycles. The molecule has 0 unspecified atom stereocenters. The second kappa shape index (κ2) is 8.58. The molecule has 0 aliphatic carbocycles. The van der Waals surface area contributed by atoms with Gasteiger partial charge in [0, 0.05) is 24.1 Å². The van der Waals surface area contributed by atoms with E-state index in [0.29, 0.717) is 23.5 Å². The number of carbonyl (C=O) groups is 1. The van der Waals surface area contributed by atoms with Crippen LogP contribution in [-0.2, 0) is 22.8 Å². The summed E-state index contributed by atoms with van der Waals surface area (Å²) in [5.74, 6) is -0.156. The molecular weight excluding hydrogens is 464 g/mol. The lowest BCUT2D eigenvalue weighted by molar-refractivity contribution is -0.0436. The summed E-state index contributed by atoms with van der Waals surface area (Å²) >= 11 is 0. The number of aryl methyl sites for hydroxylation is 1. The van der Waals surface area contributed by atoms with Crippen LogP contribution >= 0.6 is 0 Å². The van der Waals surface area contributed by atoms with Crippen molar-refractivity contribution in [2.75, 3.05) is 5.32 Å². The molecule has 1 N–H and O–H groups in total. The van der Waals surface area contributed by atoms with Gasteiger partial charge in [0.15, 0.2) is 5.82 Å². The van der Waals surface area contributed by atoms with E-state index in [-0.39, 0.29) is 11.3 Å². The van der Waals surface area contributed by atoms with Crippen molar-refractivity contribution in [2.24, 2.45) is 0 Å². The molecule has 0 fully saturated rings. The van der Waals surface area contributed by atoms with E-state index < -0.39 is 32.0 Å². The lowest BCUT2D eigenvalue weighted by Crippen LogP contribution is -2.23. The van der Waals surface area contributed by atoms with E-state index in [0.717, 1.165) is 50.2 Å². The van der Waals surface area contributed by atoms with Gasteiger partial charge in [0.1, 0.15) is 11.6 Å². The lowest BCUT2D eigenvalue weighted by atomic mass is 10.1. The summed E-state index contributed by atoms with van der Waals surface area (Å²) in [5, 5.41) is 10.8. The van der Waals surface area contributed by atoms with Crippen LogP contribution in [0.25, 0.3) is 11.4 Å². The van der Waals surface area contributed by atoms with Crippen molar-refractivity contribution in [1.82, 2.24) is 14.8 Å². The Hall–Kier alpha value is -3.28. The van der Waals surface area contributed by atoms with Gasteiger partial charge >= 0.3 is 5.51 Å². The van der Waals surface area contributed by atoms with Crippen molar-refractivity contribution in [3.63, 3.8) is 0 Å². The first-order chi connectivity index (χ1) is 15.6. The number of amides is 1. The number of carbonyl (C=O) groups excluding carboxylic acids is 1. The molecular formula is C21H18F4N4O3S. The van der Waals surface area contributed by atoms with Crippen LogP contribution in [0, 0.1) is 5.82 Å². The molecule has 33 heavy (non-hydrogen) atoms. The maximum atomic E-state index is 14.4. The van der Waals surface area contributed by atoms with Gasteiger partial charge in [-0.15, -0.1) is 10.2 Å². The lowest BCUT2D eigenvalue weighted by Gasteiger charge is -2.11. The highest BCUT2D eigenvalue weighted by Crippen LogP contribution is 2.31. The van der Waals surface area contributed by atoms with Crippen LogP contribution in [0.4, 0.5) is 23.2 Å². The fourth-order valence-corrected chi connectivity index (χ4v) is 4.33. The first-order valence-corrected chi connectivity index (χ1v) is 11.5. The Labute approximate surface area is 186 Å².